The van der Waals surface area contributed by atoms with Crippen molar-refractivity contribution in [2.75, 3.05) is 13.2 Å². The highest BCUT2D eigenvalue weighted by atomic mass is 16.5. The molecule has 21 heavy (non-hydrogen) atoms. The van der Waals surface area contributed by atoms with Gasteiger partial charge in [0.25, 0.3) is 5.91 Å². The van der Waals surface area contributed by atoms with Crippen molar-refractivity contribution in [2.45, 2.75) is 25.7 Å². The lowest BCUT2D eigenvalue weighted by molar-refractivity contribution is -0.148. The summed E-state index contributed by atoms with van der Waals surface area (Å²) in [7, 11) is 0. The smallest absolute Gasteiger partial charge is 0.311 e. The number of phenolic OH excluding ortho intramolecular Hbond substituents is 1. The molecule has 1 aliphatic rings. The number of ether oxygens (including phenoxy) is 1. The van der Waals surface area contributed by atoms with E-state index in [1.165, 1.54) is 6.07 Å². The first-order valence-electron chi connectivity index (χ1n) is 6.94. The van der Waals surface area contributed by atoms with Crippen molar-refractivity contribution in [2.24, 2.45) is 5.41 Å². The molecule has 0 bridgehead atoms. The summed E-state index contributed by atoms with van der Waals surface area (Å²) in [4.78, 5) is 23.1. The number of benzene rings is 1. The number of carbonyl (C=O) groups is 2. The van der Waals surface area contributed by atoms with Crippen LogP contribution < -0.4 is 10.1 Å². The Kier molecular flexibility index (Phi) is 4.67. The number of aliphatic carboxylic acids is 1. The number of carbonyl (C=O) groups excluding carboxylic acids is 1. The van der Waals surface area contributed by atoms with Crippen LogP contribution in [0.2, 0.25) is 0 Å². The number of carboxylic acids is 1. The minimum absolute atomic E-state index is 0.0388. The van der Waals surface area contributed by atoms with Crippen LogP contribution in [0.1, 0.15) is 25.7 Å². The van der Waals surface area contributed by atoms with E-state index in [0.29, 0.717) is 12.8 Å². The van der Waals surface area contributed by atoms with E-state index in [9.17, 15) is 19.8 Å². The number of para-hydroxylation sites is 2. The van der Waals surface area contributed by atoms with Crippen molar-refractivity contribution in [3.63, 3.8) is 0 Å². The Balaban J connectivity index is 1.82. The standard InChI is InChI=1S/C15H19NO5/c17-11-5-1-2-6-12(11)21-9-13(18)16-10-15(14(19)20)7-3-4-8-15/h1-2,5-6,17H,3-4,7-10H2,(H,16,18)(H,19,20). The lowest BCUT2D eigenvalue weighted by Gasteiger charge is -2.23. The van der Waals surface area contributed by atoms with Gasteiger partial charge < -0.3 is 20.3 Å². The zero-order valence-electron chi connectivity index (χ0n) is 11.7. The van der Waals surface area contributed by atoms with E-state index in [1.54, 1.807) is 18.2 Å². The molecule has 1 fully saturated rings. The lowest BCUT2D eigenvalue weighted by atomic mass is 9.86. The first-order valence-corrected chi connectivity index (χ1v) is 6.94. The SMILES string of the molecule is O=C(COc1ccccc1O)NCC1(C(=O)O)CCCC1. The predicted molar refractivity (Wildman–Crippen MR) is 75.1 cm³/mol. The molecule has 6 heteroatoms. The van der Waals surface area contributed by atoms with E-state index in [0.717, 1.165) is 12.8 Å². The number of rotatable bonds is 6. The summed E-state index contributed by atoms with van der Waals surface area (Å²) in [6.07, 6.45) is 2.92. The number of phenols is 1. The number of amides is 1. The molecule has 0 aliphatic heterocycles. The van der Waals surface area contributed by atoms with Gasteiger partial charge in [-0.25, -0.2) is 0 Å². The van der Waals surface area contributed by atoms with Crippen LogP contribution in [-0.4, -0.2) is 35.2 Å². The van der Waals surface area contributed by atoms with Gasteiger partial charge in [-0.2, -0.15) is 0 Å². The molecule has 0 spiro atoms. The molecular weight excluding hydrogens is 274 g/mol. The van der Waals surface area contributed by atoms with Crippen molar-refractivity contribution in [3.8, 4) is 11.5 Å². The molecule has 0 unspecified atom stereocenters. The third kappa shape index (κ3) is 3.65. The van der Waals surface area contributed by atoms with E-state index in [1.807, 2.05) is 0 Å². The van der Waals surface area contributed by atoms with Crippen LogP contribution in [0.25, 0.3) is 0 Å². The van der Waals surface area contributed by atoms with Crippen molar-refractivity contribution < 1.29 is 24.5 Å². The second-order valence-electron chi connectivity index (χ2n) is 5.33. The number of carboxylic acid groups (broad SMARTS) is 1. The minimum atomic E-state index is -0.859. The molecule has 1 saturated carbocycles. The summed E-state index contributed by atoms with van der Waals surface area (Å²) in [5.74, 6) is -1.07. The molecule has 1 amide bonds. The number of aromatic hydroxyl groups is 1. The Morgan fingerprint density at radius 1 is 1.24 bits per heavy atom. The molecular formula is C15H19NO5. The van der Waals surface area contributed by atoms with Gasteiger partial charge in [0.15, 0.2) is 18.1 Å². The molecule has 1 aromatic carbocycles. The third-order valence-corrected chi connectivity index (χ3v) is 3.86. The molecule has 1 aromatic rings. The Hall–Kier alpha value is -2.24. The minimum Gasteiger partial charge on any atom is -0.504 e. The Labute approximate surface area is 122 Å². The molecule has 0 aromatic heterocycles. The monoisotopic (exact) mass is 293 g/mol. The maximum Gasteiger partial charge on any atom is 0.311 e. The second-order valence-corrected chi connectivity index (χ2v) is 5.33. The van der Waals surface area contributed by atoms with E-state index < -0.39 is 17.3 Å². The molecule has 0 heterocycles. The summed E-state index contributed by atoms with van der Waals surface area (Å²) in [6, 6.07) is 6.35. The van der Waals surface area contributed by atoms with Crippen molar-refractivity contribution in [1.29, 1.82) is 0 Å². The van der Waals surface area contributed by atoms with E-state index in [4.69, 9.17) is 4.74 Å². The van der Waals surface area contributed by atoms with Crippen molar-refractivity contribution in [1.82, 2.24) is 5.32 Å². The number of hydrogen-bond donors (Lipinski definition) is 3. The van der Waals surface area contributed by atoms with Gasteiger partial charge in [-0.15, -0.1) is 0 Å². The van der Waals surface area contributed by atoms with Crippen LogP contribution in [0.4, 0.5) is 0 Å². The normalized spacial score (nSPS) is 16.4. The lowest BCUT2D eigenvalue weighted by Crippen LogP contribution is -2.42. The van der Waals surface area contributed by atoms with E-state index in [-0.39, 0.29) is 24.7 Å². The van der Waals surface area contributed by atoms with E-state index >= 15 is 0 Å². The molecule has 1 aliphatic carbocycles. The molecule has 0 saturated heterocycles. The number of hydrogen-bond acceptors (Lipinski definition) is 4. The van der Waals surface area contributed by atoms with Gasteiger partial charge in [0, 0.05) is 6.54 Å². The van der Waals surface area contributed by atoms with Crippen LogP contribution >= 0.6 is 0 Å². The topological polar surface area (TPSA) is 95.9 Å². The molecule has 2 rings (SSSR count). The second kappa shape index (κ2) is 6.47. The Morgan fingerprint density at radius 3 is 2.52 bits per heavy atom. The summed E-state index contributed by atoms with van der Waals surface area (Å²) in [5.41, 5.74) is -0.843. The number of nitrogens with one attached hydrogen (secondary N) is 1. The summed E-state index contributed by atoms with van der Waals surface area (Å²) < 4.78 is 5.20. The van der Waals surface area contributed by atoms with Gasteiger partial charge in [-0.3, -0.25) is 9.59 Å². The first-order chi connectivity index (χ1) is 10.0. The van der Waals surface area contributed by atoms with Crippen molar-refractivity contribution >= 4 is 11.9 Å². The van der Waals surface area contributed by atoms with Crippen LogP contribution in [0.15, 0.2) is 24.3 Å². The van der Waals surface area contributed by atoms with Crippen LogP contribution in [0.5, 0.6) is 11.5 Å². The van der Waals surface area contributed by atoms with Crippen LogP contribution in [0, 0.1) is 5.41 Å². The van der Waals surface area contributed by atoms with Gasteiger partial charge in [0.05, 0.1) is 5.41 Å². The summed E-state index contributed by atoms with van der Waals surface area (Å²) in [6.45, 7) is -0.140. The average Bonchev–Trinajstić information content (AvgIpc) is 2.94. The third-order valence-electron chi connectivity index (χ3n) is 3.86. The molecule has 6 nitrogen and oxygen atoms in total. The zero-order chi connectivity index (χ0) is 15.3. The van der Waals surface area contributed by atoms with Gasteiger partial charge in [-0.1, -0.05) is 25.0 Å². The average molecular weight is 293 g/mol. The summed E-state index contributed by atoms with van der Waals surface area (Å²) >= 11 is 0. The Morgan fingerprint density at radius 2 is 1.90 bits per heavy atom. The summed E-state index contributed by atoms with van der Waals surface area (Å²) in [5, 5.41) is 21.4. The fourth-order valence-electron chi connectivity index (χ4n) is 2.56. The van der Waals surface area contributed by atoms with Gasteiger partial charge in [0.2, 0.25) is 0 Å². The maximum atomic E-state index is 11.7. The highest BCUT2D eigenvalue weighted by Crippen LogP contribution is 2.37. The molecule has 114 valence electrons. The fraction of sp³-hybridized carbons (Fsp3) is 0.467. The molecule has 0 radical (unpaired) electrons. The van der Waals surface area contributed by atoms with Gasteiger partial charge >= 0.3 is 5.97 Å². The van der Waals surface area contributed by atoms with Gasteiger partial charge in [-0.05, 0) is 25.0 Å². The predicted octanol–water partition coefficient (Wildman–Crippen LogP) is 1.53. The molecule has 3 N–H and O–H groups in total. The van der Waals surface area contributed by atoms with Crippen LogP contribution in [0.3, 0.4) is 0 Å². The maximum absolute atomic E-state index is 11.7. The highest BCUT2D eigenvalue weighted by Gasteiger charge is 2.41. The fourth-order valence-corrected chi connectivity index (χ4v) is 2.56. The zero-order valence-corrected chi connectivity index (χ0v) is 11.7. The first kappa shape index (κ1) is 15.2. The van der Waals surface area contributed by atoms with E-state index in [2.05, 4.69) is 5.32 Å². The van der Waals surface area contributed by atoms with Gasteiger partial charge in [0.1, 0.15) is 0 Å². The highest BCUT2D eigenvalue weighted by molar-refractivity contribution is 5.80. The van der Waals surface area contributed by atoms with Crippen molar-refractivity contribution in [3.05, 3.63) is 24.3 Å². The molecule has 0 atom stereocenters. The largest absolute Gasteiger partial charge is 0.504 e. The Bertz CT molecular complexity index is 523. The quantitative estimate of drug-likeness (QED) is 0.739. The van der Waals surface area contributed by atoms with Crippen LogP contribution in [-0.2, 0) is 9.59 Å².